The second-order valence-electron chi connectivity index (χ2n) is 14.7. The molecule has 0 bridgehead atoms. The molecule has 3 nitrogen and oxygen atoms in total. The highest BCUT2D eigenvalue weighted by Crippen LogP contribution is 2.58. The fourth-order valence-corrected chi connectivity index (χ4v) is 9.15. The van der Waals surface area contributed by atoms with Crippen LogP contribution >= 0.6 is 0 Å². The number of hydrogen-bond acceptors (Lipinski definition) is 2. The van der Waals surface area contributed by atoms with Crippen LogP contribution < -0.4 is 9.80 Å². The highest BCUT2D eigenvalue weighted by atomic mass is 15.2. The summed E-state index contributed by atoms with van der Waals surface area (Å²) in [7, 11) is 0. The molecule has 1 aromatic heterocycles. The maximum atomic E-state index is 2.55. The summed E-state index contributed by atoms with van der Waals surface area (Å²) in [5.41, 5.74) is 13.6. The van der Waals surface area contributed by atoms with E-state index in [1.807, 2.05) is 0 Å². The molecule has 0 radical (unpaired) electrons. The zero-order valence-electron chi connectivity index (χ0n) is 31.0. The lowest BCUT2D eigenvalue weighted by molar-refractivity contribution is 0.687. The first-order valence-electron chi connectivity index (χ1n) is 19.2. The van der Waals surface area contributed by atoms with Crippen molar-refractivity contribution in [2.24, 2.45) is 0 Å². The van der Waals surface area contributed by atoms with E-state index in [9.17, 15) is 0 Å². The lowest BCUT2D eigenvalue weighted by atomic mass is 9.62. The van der Waals surface area contributed by atoms with Crippen LogP contribution in [0.1, 0.15) is 36.1 Å². The molecule has 10 rings (SSSR count). The van der Waals surface area contributed by atoms with Gasteiger partial charge in [-0.15, -0.1) is 0 Å². The fraction of sp³-hybridized carbons (Fsp3) is 0.0769. The molecule has 0 N–H and O–H groups in total. The zero-order valence-corrected chi connectivity index (χ0v) is 31.0. The molecule has 8 aromatic carbocycles. The van der Waals surface area contributed by atoms with E-state index in [2.05, 4.69) is 234 Å². The average molecular weight is 708 g/mol. The quantitative estimate of drug-likeness (QED) is 0.163. The van der Waals surface area contributed by atoms with E-state index in [0.29, 0.717) is 0 Å². The lowest BCUT2D eigenvalue weighted by Crippen LogP contribution is -2.41. The largest absolute Gasteiger partial charge is 0.338 e. The standard InChI is InChI=1S/C52H41N3/c1-37(2)53-50-33-31-42(54(40-23-11-5-12-24-40)41-25-13-6-14-26-41)35-46(50)52(38-19-7-3-8-20-38,39-21-9-4-10-22-39)47-36-43(32-34-51(47)53)55-48-29-17-15-27-44(48)45-28-16-18-30-49(45)55/h3-37H,1-2H3. The monoisotopic (exact) mass is 707 g/mol. The topological polar surface area (TPSA) is 11.4 Å². The van der Waals surface area contributed by atoms with Crippen LogP contribution in [0.3, 0.4) is 0 Å². The van der Waals surface area contributed by atoms with E-state index in [0.717, 1.165) is 22.7 Å². The fourth-order valence-electron chi connectivity index (χ4n) is 9.15. The number of benzene rings is 8. The SMILES string of the molecule is CC(C)N1c2ccc(N(c3ccccc3)c3ccccc3)cc2C(c2ccccc2)(c2ccccc2)c2cc(-n3c4ccccc4c4ccccc43)ccc21. The summed E-state index contributed by atoms with van der Waals surface area (Å²) in [6.07, 6.45) is 0. The van der Waals surface area contributed by atoms with Crippen molar-refractivity contribution in [2.75, 3.05) is 9.80 Å². The summed E-state index contributed by atoms with van der Waals surface area (Å²) >= 11 is 0. The van der Waals surface area contributed by atoms with Crippen molar-refractivity contribution in [1.82, 2.24) is 4.57 Å². The zero-order chi connectivity index (χ0) is 36.9. The Labute approximate surface area is 323 Å². The van der Waals surface area contributed by atoms with Crippen molar-refractivity contribution in [2.45, 2.75) is 25.3 Å². The molecule has 0 fully saturated rings. The second-order valence-corrected chi connectivity index (χ2v) is 14.7. The van der Waals surface area contributed by atoms with E-state index in [-0.39, 0.29) is 6.04 Å². The van der Waals surface area contributed by atoms with Gasteiger partial charge in [-0.3, -0.25) is 0 Å². The molecule has 1 aliphatic heterocycles. The van der Waals surface area contributed by atoms with Crippen LogP contribution in [0, 0.1) is 0 Å². The second kappa shape index (κ2) is 13.2. The summed E-state index contributed by atoms with van der Waals surface area (Å²) in [4.78, 5) is 4.92. The Kier molecular flexibility index (Phi) is 7.88. The molecule has 3 heteroatoms. The van der Waals surface area contributed by atoms with Gasteiger partial charge in [0, 0.05) is 50.9 Å². The molecule has 0 saturated heterocycles. The minimum absolute atomic E-state index is 0.200. The molecule has 0 unspecified atom stereocenters. The number of hydrogen-bond donors (Lipinski definition) is 0. The Bertz CT molecular complexity index is 2650. The van der Waals surface area contributed by atoms with Crippen molar-refractivity contribution in [3.63, 3.8) is 0 Å². The van der Waals surface area contributed by atoms with E-state index >= 15 is 0 Å². The number of para-hydroxylation sites is 4. The first-order chi connectivity index (χ1) is 27.1. The Balaban J connectivity index is 1.33. The number of nitrogens with zero attached hydrogens (tertiary/aromatic N) is 3. The molecule has 2 heterocycles. The van der Waals surface area contributed by atoms with Crippen LogP contribution in [0.15, 0.2) is 206 Å². The first-order valence-corrected chi connectivity index (χ1v) is 19.2. The van der Waals surface area contributed by atoms with Gasteiger partial charge in [-0.05, 0) is 109 Å². The minimum Gasteiger partial charge on any atom is -0.338 e. The maximum absolute atomic E-state index is 2.55. The Morgan fingerprint density at radius 1 is 0.418 bits per heavy atom. The van der Waals surface area contributed by atoms with Crippen molar-refractivity contribution in [1.29, 1.82) is 0 Å². The van der Waals surface area contributed by atoms with Gasteiger partial charge < -0.3 is 14.4 Å². The van der Waals surface area contributed by atoms with Crippen LogP contribution in [-0.2, 0) is 5.41 Å². The molecule has 55 heavy (non-hydrogen) atoms. The number of fused-ring (bicyclic) bond motifs is 5. The van der Waals surface area contributed by atoms with Crippen LogP contribution in [-0.4, -0.2) is 10.6 Å². The van der Waals surface area contributed by atoms with Crippen LogP contribution in [0.5, 0.6) is 0 Å². The summed E-state index contributed by atoms with van der Waals surface area (Å²) in [5.74, 6) is 0. The van der Waals surface area contributed by atoms with Gasteiger partial charge in [-0.2, -0.15) is 0 Å². The van der Waals surface area contributed by atoms with E-state index in [1.54, 1.807) is 0 Å². The third-order valence-electron chi connectivity index (χ3n) is 11.3. The van der Waals surface area contributed by atoms with Gasteiger partial charge in [0.2, 0.25) is 0 Å². The summed E-state index contributed by atoms with van der Waals surface area (Å²) in [5, 5.41) is 2.52. The summed E-state index contributed by atoms with van der Waals surface area (Å²) in [6, 6.07) is 75.8. The molecule has 264 valence electrons. The predicted octanol–water partition coefficient (Wildman–Crippen LogP) is 13.5. The third kappa shape index (κ3) is 5.11. The molecule has 0 atom stereocenters. The predicted molar refractivity (Wildman–Crippen MR) is 231 cm³/mol. The lowest BCUT2D eigenvalue weighted by Gasteiger charge is -2.48. The van der Waals surface area contributed by atoms with Gasteiger partial charge in [0.1, 0.15) is 0 Å². The van der Waals surface area contributed by atoms with E-state index < -0.39 is 5.41 Å². The smallest absolute Gasteiger partial charge is 0.0743 e. The van der Waals surface area contributed by atoms with Crippen molar-refractivity contribution >= 4 is 50.2 Å². The first kappa shape index (κ1) is 32.8. The number of aromatic nitrogens is 1. The van der Waals surface area contributed by atoms with Gasteiger partial charge >= 0.3 is 0 Å². The van der Waals surface area contributed by atoms with Gasteiger partial charge in [0.25, 0.3) is 0 Å². The van der Waals surface area contributed by atoms with Gasteiger partial charge in [-0.25, -0.2) is 0 Å². The minimum atomic E-state index is -0.650. The van der Waals surface area contributed by atoms with Crippen molar-refractivity contribution in [3.8, 4) is 5.69 Å². The highest BCUT2D eigenvalue weighted by molar-refractivity contribution is 6.09. The number of rotatable bonds is 7. The van der Waals surface area contributed by atoms with Crippen molar-refractivity contribution < 1.29 is 0 Å². The van der Waals surface area contributed by atoms with Gasteiger partial charge in [0.05, 0.1) is 16.4 Å². The average Bonchev–Trinajstić information content (AvgIpc) is 3.58. The van der Waals surface area contributed by atoms with Crippen molar-refractivity contribution in [3.05, 3.63) is 229 Å². The van der Waals surface area contributed by atoms with E-state index in [4.69, 9.17) is 0 Å². The Morgan fingerprint density at radius 3 is 1.36 bits per heavy atom. The maximum Gasteiger partial charge on any atom is 0.0743 e. The van der Waals surface area contributed by atoms with E-state index in [1.165, 1.54) is 55.4 Å². The number of anilines is 5. The molecule has 0 saturated carbocycles. The Morgan fingerprint density at radius 2 is 0.855 bits per heavy atom. The molecule has 9 aromatic rings. The van der Waals surface area contributed by atoms with Crippen LogP contribution in [0.25, 0.3) is 27.5 Å². The summed E-state index contributed by atoms with van der Waals surface area (Å²) < 4.78 is 2.45. The third-order valence-corrected chi connectivity index (χ3v) is 11.3. The normalized spacial score (nSPS) is 13.2. The molecular formula is C52H41N3. The molecule has 0 aliphatic carbocycles. The molecule has 0 amide bonds. The molecular weight excluding hydrogens is 667 g/mol. The van der Waals surface area contributed by atoms with Gasteiger partial charge in [-0.1, -0.05) is 133 Å². The van der Waals surface area contributed by atoms with Gasteiger partial charge in [0.15, 0.2) is 0 Å². The van der Waals surface area contributed by atoms with Crippen LogP contribution in [0.2, 0.25) is 0 Å². The Hall–Kier alpha value is -6.84. The summed E-state index contributed by atoms with van der Waals surface area (Å²) in [6.45, 7) is 4.61. The molecule has 1 aliphatic rings. The molecule has 0 spiro atoms. The van der Waals surface area contributed by atoms with Crippen LogP contribution in [0.4, 0.5) is 28.4 Å². The highest BCUT2D eigenvalue weighted by Gasteiger charge is 2.47.